The molecular formula is C22H29FN2O3. The molecule has 1 atom stereocenters. The Bertz CT molecular complexity index is 750. The van der Waals surface area contributed by atoms with Crippen LogP contribution in [0.3, 0.4) is 0 Å². The second-order valence-corrected chi connectivity index (χ2v) is 7.19. The molecular weight excluding hydrogens is 359 g/mol. The van der Waals surface area contributed by atoms with E-state index in [1.165, 1.54) is 25.0 Å². The summed E-state index contributed by atoms with van der Waals surface area (Å²) in [6.45, 7) is 4.20. The minimum atomic E-state index is -0.518. The lowest BCUT2D eigenvalue weighted by Gasteiger charge is -2.20. The highest BCUT2D eigenvalue weighted by molar-refractivity contribution is 5.43. The minimum absolute atomic E-state index is 0.227. The topological polar surface area (TPSA) is 54.0 Å². The van der Waals surface area contributed by atoms with Crippen molar-refractivity contribution in [3.05, 3.63) is 59.4 Å². The molecule has 28 heavy (non-hydrogen) atoms. The van der Waals surface area contributed by atoms with E-state index < -0.39 is 6.10 Å². The highest BCUT2D eigenvalue weighted by atomic mass is 19.1. The van der Waals surface area contributed by atoms with Gasteiger partial charge in [-0.2, -0.15) is 0 Å². The number of methoxy groups -OCH3 is 1. The molecule has 0 spiro atoms. The summed E-state index contributed by atoms with van der Waals surface area (Å²) >= 11 is 0. The number of nitrogens with zero attached hydrogens (tertiary/aromatic N) is 1. The van der Waals surface area contributed by atoms with Gasteiger partial charge in [-0.1, -0.05) is 18.2 Å². The van der Waals surface area contributed by atoms with Crippen LogP contribution in [0.25, 0.3) is 0 Å². The summed E-state index contributed by atoms with van der Waals surface area (Å²) < 4.78 is 24.4. The van der Waals surface area contributed by atoms with Crippen LogP contribution in [0.4, 0.5) is 4.39 Å². The first-order valence-corrected chi connectivity index (χ1v) is 9.79. The third kappa shape index (κ3) is 6.19. The first-order valence-electron chi connectivity index (χ1n) is 9.79. The maximum absolute atomic E-state index is 13.2. The Hall–Kier alpha value is -2.15. The van der Waals surface area contributed by atoms with Gasteiger partial charge in [0, 0.05) is 19.6 Å². The lowest BCUT2D eigenvalue weighted by molar-refractivity contribution is 0.0747. The zero-order valence-corrected chi connectivity index (χ0v) is 16.4. The molecule has 1 unspecified atom stereocenters. The summed E-state index contributed by atoms with van der Waals surface area (Å²) in [5.41, 5.74) is 1.94. The summed E-state index contributed by atoms with van der Waals surface area (Å²) in [4.78, 5) is 2.26. The molecule has 1 aliphatic heterocycles. The van der Waals surface area contributed by atoms with E-state index >= 15 is 0 Å². The minimum Gasteiger partial charge on any atom is -0.493 e. The van der Waals surface area contributed by atoms with Crippen LogP contribution in [0.5, 0.6) is 11.5 Å². The quantitative estimate of drug-likeness (QED) is 0.655. The van der Waals surface area contributed by atoms with Crippen LogP contribution in [-0.4, -0.2) is 49.5 Å². The average Bonchev–Trinajstić information content (AvgIpc) is 3.20. The summed E-state index contributed by atoms with van der Waals surface area (Å²) in [6, 6.07) is 12.3. The van der Waals surface area contributed by atoms with E-state index in [0.717, 1.165) is 24.2 Å². The number of nitrogens with one attached hydrogen (secondary N) is 1. The highest BCUT2D eigenvalue weighted by Gasteiger charge is 2.17. The number of aliphatic hydroxyl groups is 1. The van der Waals surface area contributed by atoms with Crippen LogP contribution in [0.15, 0.2) is 42.5 Å². The van der Waals surface area contributed by atoms with Crippen LogP contribution in [-0.2, 0) is 13.1 Å². The molecule has 0 amide bonds. The summed E-state index contributed by atoms with van der Waals surface area (Å²) in [7, 11) is 1.60. The SMILES string of the molecule is COc1cc(CNCc2cccc(F)c2)ccc1OCC(O)CN1CCCC1. The van der Waals surface area contributed by atoms with E-state index in [0.29, 0.717) is 31.1 Å². The number of hydrogen-bond acceptors (Lipinski definition) is 5. The van der Waals surface area contributed by atoms with E-state index in [2.05, 4.69) is 10.2 Å². The van der Waals surface area contributed by atoms with Gasteiger partial charge in [0.1, 0.15) is 18.5 Å². The van der Waals surface area contributed by atoms with Crippen molar-refractivity contribution in [2.45, 2.75) is 32.0 Å². The number of likely N-dealkylation sites (tertiary alicyclic amines) is 1. The molecule has 1 heterocycles. The monoisotopic (exact) mass is 388 g/mol. The molecule has 152 valence electrons. The molecule has 0 aliphatic carbocycles. The third-order valence-corrected chi connectivity index (χ3v) is 4.87. The summed E-state index contributed by atoms with van der Waals surface area (Å²) in [5, 5.41) is 13.5. The molecule has 2 N–H and O–H groups in total. The van der Waals surface area contributed by atoms with Crippen LogP contribution in [0.2, 0.25) is 0 Å². The van der Waals surface area contributed by atoms with Gasteiger partial charge in [0.2, 0.25) is 0 Å². The van der Waals surface area contributed by atoms with E-state index in [-0.39, 0.29) is 12.4 Å². The molecule has 2 aromatic rings. The Morgan fingerprint density at radius 3 is 2.54 bits per heavy atom. The molecule has 1 aliphatic rings. The molecule has 3 rings (SSSR count). The number of ether oxygens (including phenoxy) is 2. The van der Waals surface area contributed by atoms with E-state index in [1.807, 2.05) is 24.3 Å². The smallest absolute Gasteiger partial charge is 0.161 e. The lowest BCUT2D eigenvalue weighted by atomic mass is 10.2. The Morgan fingerprint density at radius 2 is 1.82 bits per heavy atom. The zero-order valence-electron chi connectivity index (χ0n) is 16.4. The van der Waals surface area contributed by atoms with Crippen LogP contribution < -0.4 is 14.8 Å². The number of halogens is 1. The van der Waals surface area contributed by atoms with Gasteiger partial charge in [-0.3, -0.25) is 0 Å². The predicted molar refractivity (Wildman–Crippen MR) is 107 cm³/mol. The van der Waals surface area contributed by atoms with Crippen molar-refractivity contribution < 1.29 is 19.0 Å². The number of benzene rings is 2. The van der Waals surface area contributed by atoms with Gasteiger partial charge in [-0.25, -0.2) is 4.39 Å². The lowest BCUT2D eigenvalue weighted by Crippen LogP contribution is -2.33. The van der Waals surface area contributed by atoms with Crippen molar-refractivity contribution >= 4 is 0 Å². The first kappa shape index (κ1) is 20.6. The first-order chi connectivity index (χ1) is 13.6. The third-order valence-electron chi connectivity index (χ3n) is 4.87. The zero-order chi connectivity index (χ0) is 19.8. The van der Waals surface area contributed by atoms with Gasteiger partial charge in [0.15, 0.2) is 11.5 Å². The van der Waals surface area contributed by atoms with Gasteiger partial charge < -0.3 is 24.8 Å². The van der Waals surface area contributed by atoms with Gasteiger partial charge in [-0.05, 0) is 61.3 Å². The van der Waals surface area contributed by atoms with Crippen LogP contribution in [0, 0.1) is 5.82 Å². The molecule has 1 fully saturated rings. The van der Waals surface area contributed by atoms with Gasteiger partial charge in [-0.15, -0.1) is 0 Å². The molecule has 6 heteroatoms. The number of rotatable bonds is 10. The standard InChI is InChI=1S/C22H29FN2O3/c1-27-22-12-18(14-24-13-17-5-4-6-19(23)11-17)7-8-21(22)28-16-20(26)15-25-9-2-3-10-25/h4-8,11-12,20,24,26H,2-3,9-10,13-16H2,1H3. The molecule has 1 saturated heterocycles. The fraction of sp³-hybridized carbons (Fsp3) is 0.455. The van der Waals surface area contributed by atoms with Gasteiger partial charge in [0.25, 0.3) is 0 Å². The Balaban J connectivity index is 1.48. The van der Waals surface area contributed by atoms with Crippen molar-refractivity contribution in [3.8, 4) is 11.5 Å². The Kier molecular flexibility index (Phi) is 7.65. The molecule has 2 aromatic carbocycles. The molecule has 0 aromatic heterocycles. The largest absolute Gasteiger partial charge is 0.493 e. The van der Waals surface area contributed by atoms with Gasteiger partial charge >= 0.3 is 0 Å². The van der Waals surface area contributed by atoms with E-state index in [9.17, 15) is 9.50 Å². The number of hydrogen-bond donors (Lipinski definition) is 2. The fourth-order valence-electron chi connectivity index (χ4n) is 3.44. The Labute approximate surface area is 166 Å². The van der Waals surface area contributed by atoms with Crippen molar-refractivity contribution in [2.75, 3.05) is 33.4 Å². The van der Waals surface area contributed by atoms with E-state index in [4.69, 9.17) is 9.47 Å². The van der Waals surface area contributed by atoms with Crippen molar-refractivity contribution in [3.63, 3.8) is 0 Å². The maximum atomic E-state index is 13.2. The van der Waals surface area contributed by atoms with Crippen molar-refractivity contribution in [2.24, 2.45) is 0 Å². The highest BCUT2D eigenvalue weighted by Crippen LogP contribution is 2.28. The van der Waals surface area contributed by atoms with Crippen LogP contribution in [0.1, 0.15) is 24.0 Å². The van der Waals surface area contributed by atoms with Crippen molar-refractivity contribution in [1.82, 2.24) is 10.2 Å². The van der Waals surface area contributed by atoms with Crippen LogP contribution >= 0.6 is 0 Å². The number of aliphatic hydroxyl groups excluding tert-OH is 1. The fourth-order valence-corrected chi connectivity index (χ4v) is 3.44. The van der Waals surface area contributed by atoms with E-state index in [1.54, 1.807) is 13.2 Å². The molecule has 0 bridgehead atoms. The maximum Gasteiger partial charge on any atom is 0.161 e. The number of β-amino-alcohol motifs (C(OH)–C–C–N with tert-alkyl or cyclic N) is 1. The summed E-state index contributed by atoms with van der Waals surface area (Å²) in [5.74, 6) is 1.03. The summed E-state index contributed by atoms with van der Waals surface area (Å²) in [6.07, 6.45) is 1.89. The molecule has 0 saturated carbocycles. The average molecular weight is 388 g/mol. The second kappa shape index (κ2) is 10.4. The van der Waals surface area contributed by atoms with Gasteiger partial charge in [0.05, 0.1) is 7.11 Å². The Morgan fingerprint density at radius 1 is 1.07 bits per heavy atom. The molecule has 5 nitrogen and oxygen atoms in total. The second-order valence-electron chi connectivity index (χ2n) is 7.19. The predicted octanol–water partition coefficient (Wildman–Crippen LogP) is 2.96. The molecule has 0 radical (unpaired) electrons. The van der Waals surface area contributed by atoms with Crippen molar-refractivity contribution in [1.29, 1.82) is 0 Å². The normalized spacial score (nSPS) is 15.5.